The average molecular weight is 478 g/mol. The lowest BCUT2D eigenvalue weighted by Gasteiger charge is -2.16. The van der Waals surface area contributed by atoms with Crippen molar-refractivity contribution >= 4 is 44.9 Å². The van der Waals surface area contributed by atoms with E-state index in [1.807, 2.05) is 55.5 Å². The molecule has 1 fully saturated rings. The molecule has 0 aliphatic heterocycles. The van der Waals surface area contributed by atoms with E-state index in [2.05, 4.69) is 10.7 Å². The number of carbonyl (C=O) groups is 1. The molecule has 2 aromatic heterocycles. The number of benzene rings is 2. The molecule has 2 aromatic carbocycles. The van der Waals surface area contributed by atoms with Gasteiger partial charge in [0, 0.05) is 11.8 Å². The number of hydrogen-bond donors (Lipinski definition) is 1. The first-order valence-electron chi connectivity index (χ1n) is 10.8. The van der Waals surface area contributed by atoms with E-state index in [1.165, 1.54) is 23.1 Å². The van der Waals surface area contributed by atoms with Gasteiger partial charge in [0.25, 0.3) is 5.56 Å². The van der Waals surface area contributed by atoms with Crippen LogP contribution >= 0.6 is 23.1 Å². The van der Waals surface area contributed by atoms with Crippen LogP contribution in [0, 0.1) is 0 Å². The molecular weight excluding hydrogens is 454 g/mol. The zero-order valence-electron chi connectivity index (χ0n) is 18.3. The third-order valence-corrected chi connectivity index (χ3v) is 7.57. The maximum absolute atomic E-state index is 13.7. The monoisotopic (exact) mass is 477 g/mol. The van der Waals surface area contributed by atoms with Crippen LogP contribution in [-0.2, 0) is 4.79 Å². The number of thiophene rings is 1. The molecule has 1 amide bonds. The molecule has 168 valence electrons. The molecule has 1 atom stereocenters. The van der Waals surface area contributed by atoms with E-state index in [1.54, 1.807) is 17.7 Å². The van der Waals surface area contributed by atoms with Gasteiger partial charge in [0.15, 0.2) is 5.16 Å². The van der Waals surface area contributed by atoms with Crippen LogP contribution in [-0.4, -0.2) is 27.8 Å². The Labute approximate surface area is 199 Å². The SMILES string of the molecule is COc1cccc(NC(=O)C(C)Sc2nc3scc(C4CC4)c3c(=O)n2-c2ccccc2)c1. The molecular formula is C25H23N3O3S2. The molecule has 1 saturated carbocycles. The van der Waals surface area contributed by atoms with Crippen LogP contribution < -0.4 is 15.6 Å². The van der Waals surface area contributed by atoms with Gasteiger partial charge in [0.1, 0.15) is 10.6 Å². The summed E-state index contributed by atoms with van der Waals surface area (Å²) in [5.41, 5.74) is 2.44. The summed E-state index contributed by atoms with van der Waals surface area (Å²) in [7, 11) is 1.59. The normalized spacial score (nSPS) is 14.2. The maximum Gasteiger partial charge on any atom is 0.267 e. The van der Waals surface area contributed by atoms with Gasteiger partial charge in [-0.2, -0.15) is 0 Å². The molecule has 8 heteroatoms. The first kappa shape index (κ1) is 21.7. The van der Waals surface area contributed by atoms with Crippen molar-refractivity contribution in [2.75, 3.05) is 12.4 Å². The van der Waals surface area contributed by atoms with Gasteiger partial charge in [-0.25, -0.2) is 4.98 Å². The third-order valence-electron chi connectivity index (χ3n) is 5.63. The van der Waals surface area contributed by atoms with E-state index in [-0.39, 0.29) is 11.5 Å². The molecule has 1 aliphatic rings. The first-order valence-corrected chi connectivity index (χ1v) is 12.5. The molecule has 0 bridgehead atoms. The Bertz CT molecular complexity index is 1380. The van der Waals surface area contributed by atoms with E-state index >= 15 is 0 Å². The number of fused-ring (bicyclic) bond motifs is 1. The number of methoxy groups -OCH3 is 1. The van der Waals surface area contributed by atoms with E-state index in [4.69, 9.17) is 9.72 Å². The van der Waals surface area contributed by atoms with Gasteiger partial charge in [0.2, 0.25) is 5.91 Å². The number of anilines is 1. The van der Waals surface area contributed by atoms with Crippen LogP contribution in [0.25, 0.3) is 15.9 Å². The minimum absolute atomic E-state index is 0.0720. The minimum Gasteiger partial charge on any atom is -0.497 e. The molecule has 5 rings (SSSR count). The van der Waals surface area contributed by atoms with Crippen LogP contribution in [0.2, 0.25) is 0 Å². The lowest BCUT2D eigenvalue weighted by atomic mass is 10.1. The summed E-state index contributed by atoms with van der Waals surface area (Å²) in [5.74, 6) is 0.956. The Kier molecular flexibility index (Phi) is 5.95. The molecule has 0 radical (unpaired) electrons. The predicted molar refractivity (Wildman–Crippen MR) is 134 cm³/mol. The maximum atomic E-state index is 13.7. The second-order valence-electron chi connectivity index (χ2n) is 8.00. The summed E-state index contributed by atoms with van der Waals surface area (Å²) < 4.78 is 6.87. The van der Waals surface area contributed by atoms with Gasteiger partial charge in [-0.1, -0.05) is 36.0 Å². The van der Waals surface area contributed by atoms with Gasteiger partial charge in [-0.15, -0.1) is 11.3 Å². The second-order valence-corrected chi connectivity index (χ2v) is 10.2. The van der Waals surface area contributed by atoms with Crippen molar-refractivity contribution < 1.29 is 9.53 Å². The number of carbonyl (C=O) groups excluding carboxylic acids is 1. The number of amides is 1. The molecule has 6 nitrogen and oxygen atoms in total. The molecule has 33 heavy (non-hydrogen) atoms. The van der Waals surface area contributed by atoms with Gasteiger partial charge in [0.05, 0.1) is 23.4 Å². The Balaban J connectivity index is 1.50. The van der Waals surface area contributed by atoms with Crippen molar-refractivity contribution in [3.8, 4) is 11.4 Å². The highest BCUT2D eigenvalue weighted by Gasteiger charge is 2.29. The standard InChI is InChI=1S/C25H23N3O3S2/c1-15(22(29)26-17-7-6-10-19(13-17)31-2)33-25-27-23-21(20(14-32-23)16-11-12-16)24(30)28(25)18-8-4-3-5-9-18/h3-10,13-16H,11-12H2,1-2H3,(H,26,29). The summed E-state index contributed by atoms with van der Waals surface area (Å²) in [6, 6.07) is 16.7. The van der Waals surface area contributed by atoms with Crippen LogP contribution in [0.4, 0.5) is 5.69 Å². The molecule has 0 saturated heterocycles. The number of nitrogens with zero attached hydrogens (tertiary/aromatic N) is 2. The Morgan fingerprint density at radius 1 is 1.21 bits per heavy atom. The third kappa shape index (κ3) is 4.41. The largest absolute Gasteiger partial charge is 0.497 e. The zero-order valence-corrected chi connectivity index (χ0v) is 19.9. The van der Waals surface area contributed by atoms with E-state index < -0.39 is 5.25 Å². The van der Waals surface area contributed by atoms with Gasteiger partial charge < -0.3 is 10.1 Å². The lowest BCUT2D eigenvalue weighted by Crippen LogP contribution is -2.26. The number of thioether (sulfide) groups is 1. The van der Waals surface area contributed by atoms with Crippen molar-refractivity contribution in [1.82, 2.24) is 9.55 Å². The molecule has 4 aromatic rings. The number of ether oxygens (including phenoxy) is 1. The summed E-state index contributed by atoms with van der Waals surface area (Å²) in [6.07, 6.45) is 2.24. The summed E-state index contributed by atoms with van der Waals surface area (Å²) in [4.78, 5) is 32.2. The number of para-hydroxylation sites is 1. The Hall–Kier alpha value is -3.10. The quantitative estimate of drug-likeness (QED) is 0.283. The van der Waals surface area contributed by atoms with Gasteiger partial charge >= 0.3 is 0 Å². The molecule has 1 unspecified atom stereocenters. The topological polar surface area (TPSA) is 73.2 Å². The smallest absolute Gasteiger partial charge is 0.267 e. The predicted octanol–water partition coefficient (Wildman–Crippen LogP) is 5.45. The van der Waals surface area contributed by atoms with Crippen molar-refractivity contribution in [2.24, 2.45) is 0 Å². The van der Waals surface area contributed by atoms with Crippen LogP contribution in [0.3, 0.4) is 0 Å². The minimum atomic E-state index is -0.474. The van der Waals surface area contributed by atoms with Crippen molar-refractivity contribution in [1.29, 1.82) is 0 Å². The molecule has 1 N–H and O–H groups in total. The van der Waals surface area contributed by atoms with E-state index in [0.29, 0.717) is 27.9 Å². The van der Waals surface area contributed by atoms with E-state index in [9.17, 15) is 9.59 Å². The fourth-order valence-corrected chi connectivity index (χ4v) is 5.72. The average Bonchev–Trinajstić information content (AvgIpc) is 3.59. The van der Waals surface area contributed by atoms with Crippen LogP contribution in [0.5, 0.6) is 5.75 Å². The fraction of sp³-hybridized carbons (Fsp3) is 0.240. The van der Waals surface area contributed by atoms with Crippen molar-refractivity contribution in [3.05, 3.63) is 75.9 Å². The number of hydrogen-bond acceptors (Lipinski definition) is 6. The van der Waals surface area contributed by atoms with E-state index in [0.717, 1.165) is 28.9 Å². The summed E-state index contributed by atoms with van der Waals surface area (Å²) >= 11 is 2.78. The number of nitrogens with one attached hydrogen (secondary N) is 1. The number of aromatic nitrogens is 2. The highest BCUT2D eigenvalue weighted by molar-refractivity contribution is 8.00. The van der Waals surface area contributed by atoms with Crippen LogP contribution in [0.15, 0.2) is 69.9 Å². The Morgan fingerprint density at radius 3 is 2.73 bits per heavy atom. The zero-order chi connectivity index (χ0) is 22.9. The lowest BCUT2D eigenvalue weighted by molar-refractivity contribution is -0.115. The Morgan fingerprint density at radius 2 is 2.00 bits per heavy atom. The van der Waals surface area contributed by atoms with Crippen molar-refractivity contribution in [3.63, 3.8) is 0 Å². The van der Waals surface area contributed by atoms with Gasteiger partial charge in [-0.3, -0.25) is 14.2 Å². The highest BCUT2D eigenvalue weighted by Crippen LogP contribution is 2.44. The summed E-state index contributed by atoms with van der Waals surface area (Å²) in [5, 5.41) is 5.74. The summed E-state index contributed by atoms with van der Waals surface area (Å²) in [6.45, 7) is 1.82. The fourth-order valence-electron chi connectivity index (χ4n) is 3.73. The van der Waals surface area contributed by atoms with Crippen molar-refractivity contribution in [2.45, 2.75) is 36.1 Å². The molecule has 2 heterocycles. The second kappa shape index (κ2) is 9.03. The number of rotatable bonds is 7. The molecule has 0 spiro atoms. The van der Waals surface area contributed by atoms with Gasteiger partial charge in [-0.05, 0) is 60.9 Å². The first-order chi connectivity index (χ1) is 16.0. The highest BCUT2D eigenvalue weighted by atomic mass is 32.2. The molecule has 1 aliphatic carbocycles. The van der Waals surface area contributed by atoms with Crippen LogP contribution in [0.1, 0.15) is 31.2 Å².